The third-order valence-electron chi connectivity index (χ3n) is 2.73. The predicted molar refractivity (Wildman–Crippen MR) is 77.5 cm³/mol. The fourth-order valence-corrected chi connectivity index (χ4v) is 2.43. The van der Waals surface area contributed by atoms with E-state index in [1.807, 2.05) is 19.1 Å². The molecular weight excluding hydrogens is 299 g/mol. The number of hydrogen-bond acceptors (Lipinski definition) is 2. The molecule has 6 heteroatoms. The molecule has 0 aromatic heterocycles. The van der Waals surface area contributed by atoms with Crippen LogP contribution in [0.2, 0.25) is 0 Å². The van der Waals surface area contributed by atoms with Crippen LogP contribution in [-0.4, -0.2) is 5.24 Å². The van der Waals surface area contributed by atoms with E-state index in [9.17, 15) is 18.0 Å². The van der Waals surface area contributed by atoms with Crippen LogP contribution in [0.1, 0.15) is 11.1 Å². The number of benzene rings is 2. The number of carbonyl (C=O) groups is 1. The lowest BCUT2D eigenvalue weighted by Gasteiger charge is -2.10. The van der Waals surface area contributed by atoms with Gasteiger partial charge in [0.25, 0.3) is 5.24 Å². The van der Waals surface area contributed by atoms with E-state index in [1.165, 1.54) is 12.1 Å². The van der Waals surface area contributed by atoms with Gasteiger partial charge in [0.05, 0.1) is 5.56 Å². The Morgan fingerprint density at radius 3 is 2.48 bits per heavy atom. The third-order valence-corrected chi connectivity index (χ3v) is 3.70. The van der Waals surface area contributed by atoms with Crippen LogP contribution in [0.5, 0.6) is 0 Å². The minimum atomic E-state index is -4.43. The number of hydrogen-bond donors (Lipinski definition) is 1. The molecule has 110 valence electrons. The van der Waals surface area contributed by atoms with Crippen molar-refractivity contribution in [2.75, 3.05) is 5.32 Å². The van der Waals surface area contributed by atoms with Crippen molar-refractivity contribution >= 4 is 22.7 Å². The molecule has 2 rings (SSSR count). The quantitative estimate of drug-likeness (QED) is 0.759. The van der Waals surface area contributed by atoms with Gasteiger partial charge >= 0.3 is 6.18 Å². The molecule has 0 aliphatic heterocycles. The van der Waals surface area contributed by atoms with Crippen molar-refractivity contribution in [1.29, 1.82) is 0 Å². The fourth-order valence-electron chi connectivity index (χ4n) is 1.69. The van der Waals surface area contributed by atoms with E-state index in [-0.39, 0.29) is 5.69 Å². The summed E-state index contributed by atoms with van der Waals surface area (Å²) in [5.74, 6) is 0. The summed E-state index contributed by atoms with van der Waals surface area (Å²) >= 11 is 0.947. The molecule has 0 radical (unpaired) electrons. The SMILES string of the molecule is Cc1ccccc1SC(=O)Nc1cccc(C(F)(F)F)c1. The van der Waals surface area contributed by atoms with Gasteiger partial charge in [-0.2, -0.15) is 13.2 Å². The molecule has 0 saturated heterocycles. The second kappa shape index (κ2) is 6.22. The molecule has 2 aromatic carbocycles. The molecule has 1 amide bonds. The van der Waals surface area contributed by atoms with Crippen LogP contribution in [0, 0.1) is 6.92 Å². The topological polar surface area (TPSA) is 29.1 Å². The van der Waals surface area contributed by atoms with Crippen molar-refractivity contribution in [3.63, 3.8) is 0 Å². The summed E-state index contributed by atoms with van der Waals surface area (Å²) in [4.78, 5) is 12.6. The number of halogens is 3. The van der Waals surface area contributed by atoms with Gasteiger partial charge in [0.15, 0.2) is 0 Å². The van der Waals surface area contributed by atoms with Gasteiger partial charge in [-0.15, -0.1) is 0 Å². The van der Waals surface area contributed by atoms with Crippen LogP contribution in [-0.2, 0) is 6.18 Å². The first-order chi connectivity index (χ1) is 9.86. The van der Waals surface area contributed by atoms with Crippen LogP contribution in [0.4, 0.5) is 23.7 Å². The summed E-state index contributed by atoms with van der Waals surface area (Å²) in [5, 5.41) is 2.03. The maximum atomic E-state index is 12.6. The summed E-state index contributed by atoms with van der Waals surface area (Å²) < 4.78 is 37.8. The minimum Gasteiger partial charge on any atom is -0.317 e. The molecule has 1 N–H and O–H groups in total. The highest BCUT2D eigenvalue weighted by Gasteiger charge is 2.30. The summed E-state index contributed by atoms with van der Waals surface area (Å²) in [6, 6.07) is 11.9. The highest BCUT2D eigenvalue weighted by Crippen LogP contribution is 2.31. The van der Waals surface area contributed by atoms with Crippen molar-refractivity contribution < 1.29 is 18.0 Å². The molecule has 2 nitrogen and oxygen atoms in total. The zero-order chi connectivity index (χ0) is 15.5. The van der Waals surface area contributed by atoms with Gasteiger partial charge in [-0.05, 0) is 48.5 Å². The molecule has 21 heavy (non-hydrogen) atoms. The van der Waals surface area contributed by atoms with E-state index in [0.29, 0.717) is 0 Å². The summed E-state index contributed by atoms with van der Waals surface area (Å²) in [7, 11) is 0. The first kappa shape index (κ1) is 15.4. The summed E-state index contributed by atoms with van der Waals surface area (Å²) in [5.41, 5.74) is 0.263. The number of alkyl halides is 3. The van der Waals surface area contributed by atoms with E-state index in [0.717, 1.165) is 34.4 Å². The molecule has 0 aliphatic carbocycles. The number of anilines is 1. The molecule has 0 fully saturated rings. The summed E-state index contributed by atoms with van der Waals surface area (Å²) in [6.07, 6.45) is -4.43. The molecule has 0 unspecified atom stereocenters. The molecule has 0 aliphatic rings. The number of thioether (sulfide) groups is 1. The second-order valence-corrected chi connectivity index (χ2v) is 5.37. The minimum absolute atomic E-state index is 0.121. The first-order valence-electron chi connectivity index (χ1n) is 6.08. The van der Waals surface area contributed by atoms with Crippen molar-refractivity contribution in [1.82, 2.24) is 0 Å². The van der Waals surface area contributed by atoms with Crippen molar-refractivity contribution in [2.45, 2.75) is 18.0 Å². The lowest BCUT2D eigenvalue weighted by Crippen LogP contribution is -2.08. The predicted octanol–water partition coefficient (Wildman–Crippen LogP) is 5.34. The highest BCUT2D eigenvalue weighted by molar-refractivity contribution is 8.14. The van der Waals surface area contributed by atoms with E-state index in [4.69, 9.17) is 0 Å². The molecule has 0 atom stereocenters. The number of aryl methyl sites for hydroxylation is 1. The van der Waals surface area contributed by atoms with Gasteiger partial charge in [0, 0.05) is 10.6 Å². The van der Waals surface area contributed by atoms with Gasteiger partial charge in [0.1, 0.15) is 0 Å². The average molecular weight is 311 g/mol. The first-order valence-corrected chi connectivity index (χ1v) is 6.89. The Morgan fingerprint density at radius 2 is 1.81 bits per heavy atom. The van der Waals surface area contributed by atoms with E-state index < -0.39 is 17.0 Å². The maximum absolute atomic E-state index is 12.6. The Kier molecular flexibility index (Phi) is 4.57. The molecule has 0 bridgehead atoms. The molecule has 0 spiro atoms. The van der Waals surface area contributed by atoms with Gasteiger partial charge in [-0.3, -0.25) is 4.79 Å². The van der Waals surface area contributed by atoms with E-state index in [2.05, 4.69) is 5.32 Å². The molecular formula is C15H12F3NOS. The normalized spacial score (nSPS) is 11.2. The lowest BCUT2D eigenvalue weighted by molar-refractivity contribution is -0.137. The largest absolute Gasteiger partial charge is 0.416 e. The van der Waals surface area contributed by atoms with E-state index >= 15 is 0 Å². The molecule has 0 saturated carbocycles. The van der Waals surface area contributed by atoms with Crippen LogP contribution in [0.3, 0.4) is 0 Å². The number of amides is 1. The molecule has 0 heterocycles. The number of rotatable bonds is 2. The Morgan fingerprint density at radius 1 is 1.10 bits per heavy atom. The standard InChI is InChI=1S/C15H12F3NOS/c1-10-5-2-3-8-13(10)21-14(20)19-12-7-4-6-11(9-12)15(16,17)18/h2-9H,1H3,(H,19,20). The van der Waals surface area contributed by atoms with Gasteiger partial charge in [-0.25, -0.2) is 0 Å². The zero-order valence-electron chi connectivity index (χ0n) is 11.1. The van der Waals surface area contributed by atoms with Crippen molar-refractivity contribution in [2.24, 2.45) is 0 Å². The molecule has 2 aromatic rings. The van der Waals surface area contributed by atoms with Gasteiger partial charge in [-0.1, -0.05) is 24.3 Å². The maximum Gasteiger partial charge on any atom is 0.416 e. The highest BCUT2D eigenvalue weighted by atomic mass is 32.2. The van der Waals surface area contributed by atoms with Gasteiger partial charge in [0.2, 0.25) is 0 Å². The Hall–Kier alpha value is -1.95. The van der Waals surface area contributed by atoms with Gasteiger partial charge < -0.3 is 5.32 Å². The second-order valence-electron chi connectivity index (χ2n) is 4.36. The Labute approximate surface area is 124 Å². The zero-order valence-corrected chi connectivity index (χ0v) is 11.9. The smallest absolute Gasteiger partial charge is 0.317 e. The number of carbonyl (C=O) groups excluding carboxylic acids is 1. The van der Waals surface area contributed by atoms with Crippen LogP contribution < -0.4 is 5.32 Å². The Balaban J connectivity index is 2.08. The number of nitrogens with one attached hydrogen (secondary N) is 1. The van der Waals surface area contributed by atoms with Crippen molar-refractivity contribution in [3.8, 4) is 0 Å². The monoisotopic (exact) mass is 311 g/mol. The van der Waals surface area contributed by atoms with Crippen LogP contribution in [0.15, 0.2) is 53.4 Å². The Bertz CT molecular complexity index is 655. The van der Waals surface area contributed by atoms with Crippen molar-refractivity contribution in [3.05, 3.63) is 59.7 Å². The fraction of sp³-hybridized carbons (Fsp3) is 0.133. The summed E-state index contributed by atoms with van der Waals surface area (Å²) in [6.45, 7) is 1.86. The third kappa shape index (κ3) is 4.26. The lowest BCUT2D eigenvalue weighted by atomic mass is 10.2. The van der Waals surface area contributed by atoms with Crippen LogP contribution in [0.25, 0.3) is 0 Å². The van der Waals surface area contributed by atoms with Crippen LogP contribution >= 0.6 is 11.8 Å². The van der Waals surface area contributed by atoms with E-state index in [1.54, 1.807) is 12.1 Å². The average Bonchev–Trinajstić information content (AvgIpc) is 2.41.